The number of Topliss-reactive ketones (excluding diaryl/α,β-unsaturated/α-hetero) is 1. The maximum Gasteiger partial charge on any atom is 0.407 e. The van der Waals surface area contributed by atoms with Gasteiger partial charge in [0.25, 0.3) is 0 Å². The topological polar surface area (TPSA) is 98.5 Å². The van der Waals surface area contributed by atoms with Crippen LogP contribution in [0.3, 0.4) is 0 Å². The molecule has 0 saturated heterocycles. The maximum atomic E-state index is 12.5. The molecule has 3 rings (SSSR count). The highest BCUT2D eigenvalue weighted by Gasteiger charge is 2.29. The van der Waals surface area contributed by atoms with Crippen molar-refractivity contribution in [3.05, 3.63) is 59.7 Å². The predicted molar refractivity (Wildman–Crippen MR) is 133 cm³/mol. The minimum absolute atomic E-state index is 0.0276. The first-order valence-electron chi connectivity index (χ1n) is 12.2. The highest BCUT2D eigenvalue weighted by Crippen LogP contribution is 2.44. The lowest BCUT2D eigenvalue weighted by atomic mass is 9.87. The molecule has 6 heteroatoms. The lowest BCUT2D eigenvalue weighted by molar-refractivity contribution is -0.129. The van der Waals surface area contributed by atoms with Crippen LogP contribution in [-0.2, 0) is 14.3 Å². The number of ketones is 1. The summed E-state index contributed by atoms with van der Waals surface area (Å²) in [5.74, 6) is -0.620. The zero-order valence-electron chi connectivity index (χ0n) is 20.4. The first kappa shape index (κ1) is 25.5. The Labute approximate surface area is 202 Å². The lowest BCUT2D eigenvalue weighted by Gasteiger charge is -2.18. The van der Waals surface area contributed by atoms with Crippen molar-refractivity contribution in [1.29, 1.82) is 0 Å². The third-order valence-electron chi connectivity index (χ3n) is 6.58. The molecule has 0 unspecified atom stereocenters. The van der Waals surface area contributed by atoms with Gasteiger partial charge in [-0.1, -0.05) is 69.3 Å². The quantitative estimate of drug-likeness (QED) is 0.430. The van der Waals surface area contributed by atoms with Gasteiger partial charge in [0.1, 0.15) is 12.4 Å². The minimum Gasteiger partial charge on any atom is -0.449 e. The van der Waals surface area contributed by atoms with E-state index in [-0.39, 0.29) is 30.6 Å². The van der Waals surface area contributed by atoms with Crippen LogP contribution in [0.1, 0.15) is 63.5 Å². The van der Waals surface area contributed by atoms with Gasteiger partial charge in [-0.05, 0) is 47.4 Å². The Morgan fingerprint density at radius 2 is 1.56 bits per heavy atom. The second kappa shape index (κ2) is 11.8. The Kier molecular flexibility index (Phi) is 8.85. The van der Waals surface area contributed by atoms with Crippen molar-refractivity contribution in [2.75, 3.05) is 13.2 Å². The molecule has 3 N–H and O–H groups in total. The standard InChI is InChI=1S/C28H36N2O4/c1-18(2)15-20(27(29)32)16-26(31)19(3)9-8-14-30-28(33)34-17-25-23-12-6-4-10-21(23)22-11-5-7-13-24(22)25/h4-7,10-13,18-20,25H,8-9,14-17H2,1-3H3,(H2,29,32)(H,30,33)/t19-,20+/m0/s1. The van der Waals surface area contributed by atoms with Crippen LogP contribution in [0.5, 0.6) is 0 Å². The Bertz CT molecular complexity index is 971. The van der Waals surface area contributed by atoms with Gasteiger partial charge >= 0.3 is 6.09 Å². The van der Waals surface area contributed by atoms with Crippen LogP contribution in [0, 0.1) is 17.8 Å². The number of nitrogens with two attached hydrogens (primary N) is 1. The number of primary amides is 1. The number of fused-ring (bicyclic) bond motifs is 3. The van der Waals surface area contributed by atoms with Gasteiger partial charge in [-0.2, -0.15) is 0 Å². The molecule has 6 nitrogen and oxygen atoms in total. The first-order valence-corrected chi connectivity index (χ1v) is 12.2. The average molecular weight is 465 g/mol. The summed E-state index contributed by atoms with van der Waals surface area (Å²) in [6.07, 6.45) is 1.65. The summed E-state index contributed by atoms with van der Waals surface area (Å²) >= 11 is 0. The summed E-state index contributed by atoms with van der Waals surface area (Å²) in [5.41, 5.74) is 10.2. The Morgan fingerprint density at radius 1 is 0.971 bits per heavy atom. The molecule has 0 bridgehead atoms. The molecular weight excluding hydrogens is 428 g/mol. The van der Waals surface area contributed by atoms with E-state index in [1.165, 1.54) is 22.3 Å². The molecule has 0 aliphatic heterocycles. The number of alkyl carbamates (subject to hydrolysis) is 1. The van der Waals surface area contributed by atoms with E-state index in [2.05, 4.69) is 29.6 Å². The fraction of sp³-hybridized carbons (Fsp3) is 0.464. The van der Waals surface area contributed by atoms with Gasteiger partial charge < -0.3 is 15.8 Å². The fourth-order valence-corrected chi connectivity index (χ4v) is 4.72. The smallest absolute Gasteiger partial charge is 0.407 e. The van der Waals surface area contributed by atoms with E-state index in [1.807, 2.05) is 45.0 Å². The number of carbonyl (C=O) groups excluding carboxylic acids is 3. The van der Waals surface area contributed by atoms with Gasteiger partial charge in [-0.3, -0.25) is 9.59 Å². The molecule has 2 amide bonds. The van der Waals surface area contributed by atoms with Crippen LogP contribution < -0.4 is 11.1 Å². The second-order valence-corrected chi connectivity index (χ2v) is 9.69. The number of nitrogens with one attached hydrogen (secondary N) is 1. The van der Waals surface area contributed by atoms with Gasteiger partial charge in [-0.25, -0.2) is 4.79 Å². The van der Waals surface area contributed by atoms with Gasteiger partial charge in [0.2, 0.25) is 5.91 Å². The van der Waals surface area contributed by atoms with Crippen LogP contribution in [0.2, 0.25) is 0 Å². The van der Waals surface area contributed by atoms with Gasteiger partial charge in [0, 0.05) is 30.7 Å². The molecule has 2 atom stereocenters. The molecule has 0 radical (unpaired) electrons. The van der Waals surface area contributed by atoms with Crippen molar-refractivity contribution < 1.29 is 19.1 Å². The average Bonchev–Trinajstić information content (AvgIpc) is 3.13. The van der Waals surface area contributed by atoms with Gasteiger partial charge in [0.05, 0.1) is 0 Å². The van der Waals surface area contributed by atoms with Crippen molar-refractivity contribution >= 4 is 17.8 Å². The number of carbonyl (C=O) groups is 3. The normalized spacial score (nSPS) is 14.2. The van der Waals surface area contributed by atoms with E-state index in [0.717, 1.165) is 0 Å². The number of hydrogen-bond donors (Lipinski definition) is 2. The molecule has 0 spiro atoms. The number of benzene rings is 2. The summed E-state index contributed by atoms with van der Waals surface area (Å²) < 4.78 is 5.54. The van der Waals surface area contributed by atoms with Crippen molar-refractivity contribution in [3.63, 3.8) is 0 Å². The SMILES string of the molecule is CC(C)C[C@H](CC(=O)[C@@H](C)CCCNC(=O)OCC1c2ccccc2-c2ccccc21)C(N)=O. The summed E-state index contributed by atoms with van der Waals surface area (Å²) in [5, 5.41) is 2.79. The number of hydrogen-bond acceptors (Lipinski definition) is 4. The zero-order valence-corrected chi connectivity index (χ0v) is 20.4. The highest BCUT2D eigenvalue weighted by molar-refractivity contribution is 5.87. The van der Waals surface area contributed by atoms with Gasteiger partial charge in [-0.15, -0.1) is 0 Å². The molecule has 0 heterocycles. The van der Waals surface area contributed by atoms with Crippen molar-refractivity contribution in [3.8, 4) is 11.1 Å². The van der Waals surface area contributed by atoms with E-state index >= 15 is 0 Å². The predicted octanol–water partition coefficient (Wildman–Crippen LogP) is 5.05. The Morgan fingerprint density at radius 3 is 2.12 bits per heavy atom. The first-order chi connectivity index (χ1) is 16.3. The van der Waals surface area contributed by atoms with Crippen molar-refractivity contribution in [2.45, 2.75) is 52.4 Å². The monoisotopic (exact) mass is 464 g/mol. The fourth-order valence-electron chi connectivity index (χ4n) is 4.72. The van der Waals surface area contributed by atoms with Crippen LogP contribution in [0.15, 0.2) is 48.5 Å². The molecule has 0 fully saturated rings. The van der Waals surface area contributed by atoms with Crippen LogP contribution in [0.4, 0.5) is 4.79 Å². The number of rotatable bonds is 12. The van der Waals surface area contributed by atoms with Gasteiger partial charge in [0.15, 0.2) is 0 Å². The van der Waals surface area contributed by atoms with E-state index < -0.39 is 17.9 Å². The summed E-state index contributed by atoms with van der Waals surface area (Å²) in [6, 6.07) is 16.4. The molecule has 34 heavy (non-hydrogen) atoms. The summed E-state index contributed by atoms with van der Waals surface area (Å²) in [7, 11) is 0. The zero-order chi connectivity index (χ0) is 24.7. The minimum atomic E-state index is -0.452. The van der Waals surface area contributed by atoms with Crippen LogP contribution in [-0.4, -0.2) is 30.9 Å². The highest BCUT2D eigenvalue weighted by atomic mass is 16.5. The van der Waals surface area contributed by atoms with Crippen molar-refractivity contribution in [1.82, 2.24) is 5.32 Å². The molecular formula is C28H36N2O4. The molecule has 1 aliphatic carbocycles. The number of amides is 2. The van der Waals surface area contributed by atoms with E-state index in [9.17, 15) is 14.4 Å². The molecule has 0 aromatic heterocycles. The second-order valence-electron chi connectivity index (χ2n) is 9.69. The molecule has 2 aromatic carbocycles. The van der Waals surface area contributed by atoms with Crippen LogP contribution >= 0.6 is 0 Å². The van der Waals surface area contributed by atoms with E-state index in [1.54, 1.807) is 0 Å². The molecule has 1 aliphatic rings. The Balaban J connectivity index is 1.41. The third-order valence-corrected chi connectivity index (χ3v) is 6.58. The van der Waals surface area contributed by atoms with E-state index in [0.29, 0.717) is 31.7 Å². The number of ether oxygens (including phenoxy) is 1. The van der Waals surface area contributed by atoms with Crippen molar-refractivity contribution in [2.24, 2.45) is 23.5 Å². The van der Waals surface area contributed by atoms with E-state index in [4.69, 9.17) is 10.5 Å². The Hall–Kier alpha value is -3.15. The maximum absolute atomic E-state index is 12.5. The molecule has 0 saturated carbocycles. The molecule has 182 valence electrons. The van der Waals surface area contributed by atoms with Crippen LogP contribution in [0.25, 0.3) is 11.1 Å². The lowest BCUT2D eigenvalue weighted by Crippen LogP contribution is -2.29. The summed E-state index contributed by atoms with van der Waals surface area (Å²) in [4.78, 5) is 36.4. The molecule has 2 aromatic rings. The largest absolute Gasteiger partial charge is 0.449 e. The third kappa shape index (κ3) is 6.46. The summed E-state index contributed by atoms with van der Waals surface area (Å²) in [6.45, 7) is 6.60.